The van der Waals surface area contributed by atoms with E-state index < -0.39 is 12.3 Å². The molecule has 2 saturated heterocycles. The van der Waals surface area contributed by atoms with Crippen LogP contribution in [-0.2, 0) is 29.1 Å². The Morgan fingerprint density at radius 3 is 1.51 bits per heavy atom. The van der Waals surface area contributed by atoms with E-state index in [1.807, 2.05) is 24.3 Å². The summed E-state index contributed by atoms with van der Waals surface area (Å²) in [6, 6.07) is 15.2. The molecular weight excluding hydrogens is 456 g/mol. The van der Waals surface area contributed by atoms with Gasteiger partial charge in [-0.05, 0) is 48.2 Å². The van der Waals surface area contributed by atoms with E-state index in [4.69, 9.17) is 9.47 Å². The Hall–Kier alpha value is -3.30. The Morgan fingerprint density at radius 2 is 1.14 bits per heavy atom. The van der Waals surface area contributed by atoms with Gasteiger partial charge < -0.3 is 33.9 Å². The fraction of sp³-hybridized carbons (Fsp3) is 0.462. The first kappa shape index (κ1) is 24.8. The summed E-state index contributed by atoms with van der Waals surface area (Å²) in [4.78, 5) is 21.6. The summed E-state index contributed by atoms with van der Waals surface area (Å²) in [5.74, 6) is 0.621. The lowest BCUT2D eigenvalue weighted by molar-refractivity contribution is 0.0314. The molecule has 2 N–H and O–H groups in total. The SMILES string of the molecule is O=C(OCC1CO1)OC(=O)OCC1CO1.Oc1ccc(C2(c3ccc(O)cc3)CCCCC2)cc1. The number of carbonyl (C=O) groups is 2. The number of ether oxygens (including phenoxy) is 5. The number of hydrogen-bond donors (Lipinski definition) is 2. The molecule has 0 bridgehead atoms. The lowest BCUT2D eigenvalue weighted by Crippen LogP contribution is -2.30. The van der Waals surface area contributed by atoms with E-state index in [9.17, 15) is 19.8 Å². The molecule has 0 radical (unpaired) electrons. The van der Waals surface area contributed by atoms with Crippen LogP contribution in [0.15, 0.2) is 48.5 Å². The van der Waals surface area contributed by atoms with Crippen LogP contribution in [0.2, 0.25) is 0 Å². The van der Waals surface area contributed by atoms with Crippen LogP contribution < -0.4 is 0 Å². The molecule has 2 aromatic carbocycles. The molecule has 0 aromatic heterocycles. The number of hydrogen-bond acceptors (Lipinski definition) is 9. The normalized spacial score (nSPS) is 21.6. The van der Waals surface area contributed by atoms with Crippen molar-refractivity contribution in [1.29, 1.82) is 0 Å². The van der Waals surface area contributed by atoms with Crippen molar-refractivity contribution in [2.75, 3.05) is 26.4 Å². The second kappa shape index (κ2) is 11.4. The molecule has 9 heteroatoms. The van der Waals surface area contributed by atoms with Crippen LogP contribution in [-0.4, -0.2) is 61.2 Å². The molecule has 3 aliphatic rings. The minimum Gasteiger partial charge on any atom is -0.508 e. The molecule has 2 unspecified atom stereocenters. The quantitative estimate of drug-likeness (QED) is 0.346. The third-order valence-corrected chi connectivity index (χ3v) is 6.29. The Balaban J connectivity index is 0.000000172. The van der Waals surface area contributed by atoms with Crippen LogP contribution in [0.3, 0.4) is 0 Å². The fourth-order valence-electron chi connectivity index (χ4n) is 4.24. The van der Waals surface area contributed by atoms with Gasteiger partial charge in [0.15, 0.2) is 0 Å². The maximum Gasteiger partial charge on any atom is 0.518 e. The monoisotopic (exact) mass is 486 g/mol. The van der Waals surface area contributed by atoms with Crippen molar-refractivity contribution >= 4 is 12.3 Å². The van der Waals surface area contributed by atoms with Gasteiger partial charge in [0, 0.05) is 5.41 Å². The highest BCUT2D eigenvalue weighted by Gasteiger charge is 2.35. The van der Waals surface area contributed by atoms with Gasteiger partial charge in [0.2, 0.25) is 0 Å². The molecule has 0 spiro atoms. The van der Waals surface area contributed by atoms with E-state index >= 15 is 0 Å². The van der Waals surface area contributed by atoms with Crippen molar-refractivity contribution in [2.45, 2.75) is 49.7 Å². The number of phenols is 2. The van der Waals surface area contributed by atoms with Crippen LogP contribution in [0.1, 0.15) is 43.2 Å². The summed E-state index contributed by atoms with van der Waals surface area (Å²) in [5, 5.41) is 19.0. The average Bonchev–Trinajstić information content (AvgIpc) is 3.78. The van der Waals surface area contributed by atoms with Crippen molar-refractivity contribution in [2.24, 2.45) is 0 Å². The zero-order chi connectivity index (χ0) is 24.7. The summed E-state index contributed by atoms with van der Waals surface area (Å²) >= 11 is 0. The highest BCUT2D eigenvalue weighted by atomic mass is 16.8. The molecule has 2 aliphatic heterocycles. The van der Waals surface area contributed by atoms with Crippen molar-refractivity contribution < 1.29 is 43.5 Å². The zero-order valence-corrected chi connectivity index (χ0v) is 19.4. The zero-order valence-electron chi connectivity index (χ0n) is 19.4. The Morgan fingerprint density at radius 1 is 0.743 bits per heavy atom. The molecule has 9 nitrogen and oxygen atoms in total. The van der Waals surface area contributed by atoms with Gasteiger partial charge in [-0.2, -0.15) is 0 Å². The number of aromatic hydroxyl groups is 2. The van der Waals surface area contributed by atoms with Crippen LogP contribution in [0.5, 0.6) is 11.5 Å². The predicted molar refractivity (Wildman–Crippen MR) is 123 cm³/mol. The van der Waals surface area contributed by atoms with E-state index in [1.54, 1.807) is 24.3 Å². The molecule has 5 rings (SSSR count). The van der Waals surface area contributed by atoms with Gasteiger partial charge in [0.05, 0.1) is 13.2 Å². The molecule has 188 valence electrons. The first-order chi connectivity index (χ1) is 16.9. The summed E-state index contributed by atoms with van der Waals surface area (Å²) in [6.07, 6.45) is 3.72. The number of carbonyl (C=O) groups excluding carboxylic acids is 2. The Bertz CT molecular complexity index is 899. The molecule has 2 heterocycles. The topological polar surface area (TPSA) is 127 Å². The lowest BCUT2D eigenvalue weighted by Gasteiger charge is -2.38. The number of benzene rings is 2. The minimum atomic E-state index is -1.08. The van der Waals surface area contributed by atoms with E-state index in [0.717, 1.165) is 12.8 Å². The molecule has 3 fully saturated rings. The number of epoxide rings is 2. The van der Waals surface area contributed by atoms with Gasteiger partial charge in [-0.25, -0.2) is 9.59 Å². The van der Waals surface area contributed by atoms with Gasteiger partial charge in [-0.15, -0.1) is 0 Å². The van der Waals surface area contributed by atoms with Crippen molar-refractivity contribution in [1.82, 2.24) is 0 Å². The highest BCUT2D eigenvalue weighted by Crippen LogP contribution is 2.45. The molecule has 2 aromatic rings. The van der Waals surface area contributed by atoms with E-state index in [0.29, 0.717) is 24.7 Å². The predicted octanol–water partition coefficient (Wildman–Crippen LogP) is 4.42. The maximum atomic E-state index is 10.8. The second-order valence-corrected chi connectivity index (χ2v) is 8.87. The average molecular weight is 487 g/mol. The molecule has 2 atom stereocenters. The fourth-order valence-corrected chi connectivity index (χ4v) is 4.24. The minimum absolute atomic E-state index is 0.0274. The number of phenolic OH excluding ortho intramolecular Hbond substituents is 2. The second-order valence-electron chi connectivity index (χ2n) is 8.87. The number of rotatable bonds is 6. The van der Waals surface area contributed by atoms with Gasteiger partial charge in [0.1, 0.15) is 36.9 Å². The van der Waals surface area contributed by atoms with E-state index in [-0.39, 0.29) is 30.8 Å². The molecule has 0 amide bonds. The Labute approximate surface area is 203 Å². The first-order valence-electron chi connectivity index (χ1n) is 11.8. The highest BCUT2D eigenvalue weighted by molar-refractivity contribution is 5.76. The summed E-state index contributed by atoms with van der Waals surface area (Å²) in [7, 11) is 0. The summed E-state index contributed by atoms with van der Waals surface area (Å²) in [5.41, 5.74) is 2.56. The van der Waals surface area contributed by atoms with Crippen LogP contribution in [0.25, 0.3) is 0 Å². The molecular formula is C26H30O9. The molecule has 1 saturated carbocycles. The van der Waals surface area contributed by atoms with Crippen molar-refractivity contribution in [3.05, 3.63) is 59.7 Å². The van der Waals surface area contributed by atoms with Crippen LogP contribution in [0.4, 0.5) is 9.59 Å². The van der Waals surface area contributed by atoms with Crippen molar-refractivity contribution in [3.63, 3.8) is 0 Å². The largest absolute Gasteiger partial charge is 0.518 e. The summed E-state index contributed by atoms with van der Waals surface area (Å²) < 4.78 is 22.8. The van der Waals surface area contributed by atoms with Crippen LogP contribution in [0, 0.1) is 0 Å². The summed E-state index contributed by atoms with van der Waals surface area (Å²) in [6.45, 7) is 1.32. The molecule has 1 aliphatic carbocycles. The lowest BCUT2D eigenvalue weighted by atomic mass is 9.65. The van der Waals surface area contributed by atoms with Gasteiger partial charge in [-0.1, -0.05) is 43.5 Å². The van der Waals surface area contributed by atoms with Crippen LogP contribution >= 0.6 is 0 Å². The Kier molecular flexibility index (Phi) is 8.09. The third kappa shape index (κ3) is 7.34. The van der Waals surface area contributed by atoms with Gasteiger partial charge in [-0.3, -0.25) is 0 Å². The standard InChI is InChI=1S/C18H20O2.C8H10O7/c19-16-8-4-14(5-9-16)18(12-2-1-3-13-18)15-6-10-17(20)11-7-15;9-7(13-3-5-1-11-5)15-8(10)14-4-6-2-12-6/h4-11,19-20H,1-3,12-13H2;5-6H,1-4H2. The smallest absolute Gasteiger partial charge is 0.508 e. The third-order valence-electron chi connectivity index (χ3n) is 6.29. The van der Waals surface area contributed by atoms with Crippen molar-refractivity contribution in [3.8, 4) is 11.5 Å². The molecule has 35 heavy (non-hydrogen) atoms. The van der Waals surface area contributed by atoms with E-state index in [1.165, 1.54) is 30.4 Å². The van der Waals surface area contributed by atoms with Gasteiger partial charge in [0.25, 0.3) is 0 Å². The first-order valence-corrected chi connectivity index (χ1v) is 11.8. The maximum absolute atomic E-state index is 10.8. The van der Waals surface area contributed by atoms with Gasteiger partial charge >= 0.3 is 12.3 Å². The van der Waals surface area contributed by atoms with E-state index in [2.05, 4.69) is 14.2 Å².